The molecule has 0 unspecified atom stereocenters. The molecule has 0 aliphatic rings. The molecular weight excluding hydrogens is 252 g/mol. The van der Waals surface area contributed by atoms with Crippen molar-refractivity contribution in [3.63, 3.8) is 0 Å². The van der Waals surface area contributed by atoms with Crippen molar-refractivity contribution in [2.75, 3.05) is 13.2 Å². The Morgan fingerprint density at radius 3 is 2.78 bits per heavy atom. The predicted octanol–water partition coefficient (Wildman–Crippen LogP) is 2.47. The van der Waals surface area contributed by atoms with Crippen LogP contribution in [0.15, 0.2) is 18.5 Å². The van der Waals surface area contributed by atoms with E-state index in [-0.39, 0.29) is 5.75 Å². The summed E-state index contributed by atoms with van der Waals surface area (Å²) < 4.78 is 54.1. The van der Waals surface area contributed by atoms with Crippen LogP contribution in [0.4, 0.5) is 17.6 Å². The minimum absolute atomic E-state index is 0.131. The zero-order valence-electron chi connectivity index (χ0n) is 9.80. The van der Waals surface area contributed by atoms with Crippen LogP contribution in [0.1, 0.15) is 12.5 Å². The van der Waals surface area contributed by atoms with E-state index in [9.17, 15) is 17.6 Å². The molecule has 1 aromatic rings. The molecule has 102 valence electrons. The SMILES string of the molecule is CCNCc1cnccc1OCC(F)(F)C(F)F. The van der Waals surface area contributed by atoms with Crippen LogP contribution >= 0.6 is 0 Å². The fourth-order valence-corrected chi connectivity index (χ4v) is 1.18. The fraction of sp³-hybridized carbons (Fsp3) is 0.545. The number of rotatable bonds is 7. The summed E-state index contributed by atoms with van der Waals surface area (Å²) in [5.41, 5.74) is 0.546. The fourth-order valence-electron chi connectivity index (χ4n) is 1.18. The molecule has 1 N–H and O–H groups in total. The Morgan fingerprint density at radius 2 is 2.17 bits per heavy atom. The van der Waals surface area contributed by atoms with Crippen molar-refractivity contribution in [3.8, 4) is 5.75 Å². The average Bonchev–Trinajstić information content (AvgIpc) is 2.34. The van der Waals surface area contributed by atoms with Crippen molar-refractivity contribution in [1.29, 1.82) is 0 Å². The Balaban J connectivity index is 2.66. The number of hydrogen-bond donors (Lipinski definition) is 1. The Morgan fingerprint density at radius 1 is 1.44 bits per heavy atom. The molecule has 1 rings (SSSR count). The van der Waals surface area contributed by atoms with Crippen molar-refractivity contribution in [3.05, 3.63) is 24.0 Å². The number of nitrogens with zero attached hydrogens (tertiary/aromatic N) is 1. The number of halogens is 4. The third-order valence-electron chi connectivity index (χ3n) is 2.16. The molecular formula is C11H14F4N2O. The average molecular weight is 266 g/mol. The summed E-state index contributed by atoms with van der Waals surface area (Å²) in [6.07, 6.45) is -0.944. The predicted molar refractivity (Wildman–Crippen MR) is 58.1 cm³/mol. The first kappa shape index (κ1) is 14.7. The molecule has 0 aliphatic heterocycles. The lowest BCUT2D eigenvalue weighted by Crippen LogP contribution is -2.34. The maximum absolute atomic E-state index is 12.7. The lowest BCUT2D eigenvalue weighted by atomic mass is 10.2. The van der Waals surface area contributed by atoms with Crippen molar-refractivity contribution >= 4 is 0 Å². The second kappa shape index (κ2) is 6.53. The van der Waals surface area contributed by atoms with Crippen LogP contribution in [0.5, 0.6) is 5.75 Å². The van der Waals surface area contributed by atoms with Crippen molar-refractivity contribution in [2.24, 2.45) is 0 Å². The highest BCUT2D eigenvalue weighted by Crippen LogP contribution is 2.25. The van der Waals surface area contributed by atoms with Gasteiger partial charge in [0.15, 0.2) is 6.61 Å². The van der Waals surface area contributed by atoms with Gasteiger partial charge >= 0.3 is 12.3 Å². The molecule has 1 heterocycles. The van der Waals surface area contributed by atoms with E-state index < -0.39 is 19.0 Å². The summed E-state index contributed by atoms with van der Waals surface area (Å²) in [6.45, 7) is 1.58. The normalized spacial score (nSPS) is 11.9. The minimum atomic E-state index is -4.15. The molecule has 0 spiro atoms. The van der Waals surface area contributed by atoms with Crippen LogP contribution in [-0.4, -0.2) is 30.5 Å². The van der Waals surface area contributed by atoms with Crippen LogP contribution in [-0.2, 0) is 6.54 Å². The number of aromatic nitrogens is 1. The second-order valence-corrected chi connectivity index (χ2v) is 3.61. The van der Waals surface area contributed by atoms with Crippen LogP contribution in [0.25, 0.3) is 0 Å². The number of nitrogens with one attached hydrogen (secondary N) is 1. The zero-order chi connectivity index (χ0) is 13.6. The van der Waals surface area contributed by atoms with E-state index in [4.69, 9.17) is 4.74 Å². The maximum Gasteiger partial charge on any atom is 0.340 e. The smallest absolute Gasteiger partial charge is 0.340 e. The highest BCUT2D eigenvalue weighted by atomic mass is 19.3. The first-order chi connectivity index (χ1) is 8.47. The standard InChI is InChI=1S/C11H14F4N2O/c1-2-16-5-8-6-17-4-3-9(8)18-7-11(14,15)10(12)13/h3-4,6,10,16H,2,5,7H2,1H3. The van der Waals surface area contributed by atoms with E-state index in [0.717, 1.165) is 0 Å². The van der Waals surface area contributed by atoms with Gasteiger partial charge in [-0.2, -0.15) is 8.78 Å². The Kier molecular flexibility index (Phi) is 5.33. The van der Waals surface area contributed by atoms with Gasteiger partial charge in [0.2, 0.25) is 0 Å². The summed E-state index contributed by atoms with van der Waals surface area (Å²) in [5.74, 6) is -4.02. The largest absolute Gasteiger partial charge is 0.487 e. The van der Waals surface area contributed by atoms with E-state index in [1.54, 1.807) is 0 Å². The van der Waals surface area contributed by atoms with Crippen LogP contribution in [0.3, 0.4) is 0 Å². The summed E-state index contributed by atoms with van der Waals surface area (Å²) in [7, 11) is 0. The van der Waals surface area contributed by atoms with Gasteiger partial charge in [-0.3, -0.25) is 4.98 Å². The van der Waals surface area contributed by atoms with E-state index in [1.807, 2.05) is 6.92 Å². The van der Waals surface area contributed by atoms with Crippen LogP contribution < -0.4 is 10.1 Å². The van der Waals surface area contributed by atoms with Gasteiger partial charge in [0.05, 0.1) is 0 Å². The molecule has 0 fully saturated rings. The molecule has 0 aromatic carbocycles. The Bertz CT molecular complexity index is 374. The van der Waals surface area contributed by atoms with Gasteiger partial charge < -0.3 is 10.1 Å². The minimum Gasteiger partial charge on any atom is -0.487 e. The summed E-state index contributed by atoms with van der Waals surface area (Å²) >= 11 is 0. The molecule has 0 amide bonds. The lowest BCUT2D eigenvalue weighted by molar-refractivity contribution is -0.148. The lowest BCUT2D eigenvalue weighted by Gasteiger charge is -2.17. The second-order valence-electron chi connectivity index (χ2n) is 3.61. The van der Waals surface area contributed by atoms with Gasteiger partial charge in [-0.1, -0.05) is 6.92 Å². The maximum atomic E-state index is 12.7. The van der Waals surface area contributed by atoms with Gasteiger partial charge in [-0.15, -0.1) is 0 Å². The Labute approximate surface area is 102 Å². The molecule has 0 saturated heterocycles. The third-order valence-corrected chi connectivity index (χ3v) is 2.16. The van der Waals surface area contributed by atoms with Crippen molar-refractivity contribution in [1.82, 2.24) is 10.3 Å². The molecule has 0 saturated carbocycles. The molecule has 0 aliphatic carbocycles. The quantitative estimate of drug-likeness (QED) is 0.770. The van der Waals surface area contributed by atoms with Gasteiger partial charge in [0, 0.05) is 24.5 Å². The first-order valence-corrected chi connectivity index (χ1v) is 5.39. The van der Waals surface area contributed by atoms with Crippen LogP contribution in [0.2, 0.25) is 0 Å². The van der Waals surface area contributed by atoms with E-state index in [1.165, 1.54) is 18.5 Å². The molecule has 0 bridgehead atoms. The molecule has 7 heteroatoms. The number of pyridine rings is 1. The van der Waals surface area contributed by atoms with Crippen molar-refractivity contribution < 1.29 is 22.3 Å². The molecule has 0 radical (unpaired) electrons. The third kappa shape index (κ3) is 4.14. The zero-order valence-corrected chi connectivity index (χ0v) is 9.80. The highest BCUT2D eigenvalue weighted by molar-refractivity contribution is 5.30. The van der Waals surface area contributed by atoms with Gasteiger partial charge in [0.1, 0.15) is 5.75 Å². The van der Waals surface area contributed by atoms with E-state index in [0.29, 0.717) is 18.7 Å². The topological polar surface area (TPSA) is 34.2 Å². The van der Waals surface area contributed by atoms with E-state index >= 15 is 0 Å². The molecule has 3 nitrogen and oxygen atoms in total. The Hall–Kier alpha value is -1.37. The molecule has 0 atom stereocenters. The van der Waals surface area contributed by atoms with Crippen molar-refractivity contribution in [2.45, 2.75) is 25.8 Å². The number of ether oxygens (including phenoxy) is 1. The summed E-state index contributed by atoms with van der Waals surface area (Å²) in [5, 5.41) is 2.97. The van der Waals surface area contributed by atoms with Gasteiger partial charge in [-0.25, -0.2) is 8.78 Å². The monoisotopic (exact) mass is 266 g/mol. The first-order valence-electron chi connectivity index (χ1n) is 5.39. The van der Waals surface area contributed by atoms with Crippen LogP contribution in [0, 0.1) is 0 Å². The highest BCUT2D eigenvalue weighted by Gasteiger charge is 2.41. The number of alkyl halides is 4. The van der Waals surface area contributed by atoms with Gasteiger partial charge in [0.25, 0.3) is 0 Å². The summed E-state index contributed by atoms with van der Waals surface area (Å²) in [4.78, 5) is 3.82. The molecule has 18 heavy (non-hydrogen) atoms. The molecule has 1 aromatic heterocycles. The van der Waals surface area contributed by atoms with Gasteiger partial charge in [-0.05, 0) is 12.6 Å². The summed E-state index contributed by atoms with van der Waals surface area (Å²) in [6, 6.07) is 1.37. The number of hydrogen-bond acceptors (Lipinski definition) is 3. The van der Waals surface area contributed by atoms with E-state index in [2.05, 4.69) is 10.3 Å².